The van der Waals surface area contributed by atoms with E-state index in [1.807, 2.05) is 6.07 Å². The fraction of sp³-hybridized carbons (Fsp3) is 0.667. The molecule has 0 aliphatic carbocycles. The van der Waals surface area contributed by atoms with Crippen LogP contribution in [-0.2, 0) is 6.54 Å². The number of likely N-dealkylation sites (N-methyl/N-ethyl adjacent to an activating group) is 1. The molecule has 1 aromatic rings. The molecule has 5 heteroatoms. The molecule has 2 aliphatic heterocycles. The summed E-state index contributed by atoms with van der Waals surface area (Å²) in [5, 5.41) is 0.209. The van der Waals surface area contributed by atoms with E-state index in [-0.39, 0.29) is 10.8 Å². The Morgan fingerprint density at radius 1 is 1.13 bits per heavy atom. The summed E-state index contributed by atoms with van der Waals surface area (Å²) in [5.74, 6) is 0.430. The van der Waals surface area contributed by atoms with Crippen LogP contribution in [0, 0.1) is 11.7 Å². The molecule has 128 valence electrons. The molecule has 2 fully saturated rings. The van der Waals surface area contributed by atoms with E-state index in [1.54, 1.807) is 12.1 Å². The third-order valence-electron chi connectivity index (χ3n) is 5.11. The highest BCUT2D eigenvalue weighted by Crippen LogP contribution is 2.22. The van der Waals surface area contributed by atoms with E-state index < -0.39 is 0 Å². The van der Waals surface area contributed by atoms with Crippen molar-refractivity contribution in [2.75, 3.05) is 52.9 Å². The number of benzene rings is 1. The Morgan fingerprint density at radius 3 is 2.65 bits per heavy atom. The molecule has 23 heavy (non-hydrogen) atoms. The Bertz CT molecular complexity index is 517. The zero-order valence-electron chi connectivity index (χ0n) is 14.0. The van der Waals surface area contributed by atoms with Crippen LogP contribution in [-0.4, -0.2) is 67.6 Å². The lowest BCUT2D eigenvalue weighted by Gasteiger charge is -2.38. The highest BCUT2D eigenvalue weighted by atomic mass is 35.5. The summed E-state index contributed by atoms with van der Waals surface area (Å²) in [5.41, 5.74) is 1.02. The minimum absolute atomic E-state index is 0.209. The van der Waals surface area contributed by atoms with Gasteiger partial charge in [-0.05, 0) is 50.0 Å². The predicted molar refractivity (Wildman–Crippen MR) is 93.3 cm³/mol. The fourth-order valence-electron chi connectivity index (χ4n) is 3.74. The average molecular weight is 340 g/mol. The molecule has 1 aromatic carbocycles. The third kappa shape index (κ3) is 4.90. The van der Waals surface area contributed by atoms with Gasteiger partial charge in [0.05, 0.1) is 5.02 Å². The van der Waals surface area contributed by atoms with Crippen molar-refractivity contribution in [3.05, 3.63) is 34.6 Å². The first-order chi connectivity index (χ1) is 11.1. The van der Waals surface area contributed by atoms with E-state index >= 15 is 0 Å². The topological polar surface area (TPSA) is 9.72 Å². The first-order valence-corrected chi connectivity index (χ1v) is 9.05. The summed E-state index contributed by atoms with van der Waals surface area (Å²) in [4.78, 5) is 7.47. The monoisotopic (exact) mass is 339 g/mol. The van der Waals surface area contributed by atoms with Crippen LogP contribution >= 0.6 is 11.6 Å². The molecule has 2 aliphatic rings. The number of piperidine rings is 1. The van der Waals surface area contributed by atoms with Gasteiger partial charge in [-0.3, -0.25) is 4.90 Å². The highest BCUT2D eigenvalue weighted by Gasteiger charge is 2.23. The van der Waals surface area contributed by atoms with Crippen LogP contribution in [0.25, 0.3) is 0 Å². The molecule has 2 saturated heterocycles. The summed E-state index contributed by atoms with van der Waals surface area (Å²) in [6, 6.07) is 5.18. The van der Waals surface area contributed by atoms with Crippen molar-refractivity contribution < 1.29 is 4.39 Å². The molecule has 1 atom stereocenters. The maximum absolute atomic E-state index is 13.6. The standard InChI is InChI=1S/C18H27ClFN3/c1-21-7-9-22(10-8-21)13-16-3-2-6-23(14-16)12-15-4-5-17(19)18(20)11-15/h4-5,11,16H,2-3,6-10,12-14H2,1H3/t16-/m1/s1. The zero-order chi connectivity index (χ0) is 16.2. The van der Waals surface area contributed by atoms with Gasteiger partial charge in [0.15, 0.2) is 0 Å². The lowest BCUT2D eigenvalue weighted by Crippen LogP contribution is -2.48. The first-order valence-electron chi connectivity index (χ1n) is 8.67. The number of hydrogen-bond donors (Lipinski definition) is 0. The minimum atomic E-state index is -0.310. The average Bonchev–Trinajstić information content (AvgIpc) is 2.54. The number of likely N-dealkylation sites (tertiary alicyclic amines) is 1. The van der Waals surface area contributed by atoms with Gasteiger partial charge in [0, 0.05) is 45.8 Å². The van der Waals surface area contributed by atoms with Gasteiger partial charge in [0.25, 0.3) is 0 Å². The number of piperazine rings is 1. The number of hydrogen-bond acceptors (Lipinski definition) is 3. The van der Waals surface area contributed by atoms with Crippen LogP contribution in [0.15, 0.2) is 18.2 Å². The minimum Gasteiger partial charge on any atom is -0.304 e. The van der Waals surface area contributed by atoms with Crippen molar-refractivity contribution in [2.24, 2.45) is 5.92 Å². The van der Waals surface area contributed by atoms with E-state index in [1.165, 1.54) is 45.6 Å². The van der Waals surface area contributed by atoms with Gasteiger partial charge < -0.3 is 9.80 Å². The summed E-state index contributed by atoms with van der Waals surface area (Å²) in [6.45, 7) is 9.01. The van der Waals surface area contributed by atoms with Crippen LogP contribution < -0.4 is 0 Å². The molecule has 0 aromatic heterocycles. The Hall–Kier alpha value is -0.680. The van der Waals surface area contributed by atoms with Gasteiger partial charge >= 0.3 is 0 Å². The smallest absolute Gasteiger partial charge is 0.142 e. The summed E-state index contributed by atoms with van der Waals surface area (Å²) >= 11 is 5.77. The second-order valence-corrected chi connectivity index (χ2v) is 7.50. The Balaban J connectivity index is 1.50. The van der Waals surface area contributed by atoms with Crippen molar-refractivity contribution in [1.29, 1.82) is 0 Å². The molecule has 0 bridgehead atoms. The number of halogens is 2. The van der Waals surface area contributed by atoms with Gasteiger partial charge in [-0.2, -0.15) is 0 Å². The molecule has 0 saturated carbocycles. The van der Waals surface area contributed by atoms with Crippen LogP contribution in [0.4, 0.5) is 4.39 Å². The lowest BCUT2D eigenvalue weighted by atomic mass is 9.96. The predicted octanol–water partition coefficient (Wildman–Crippen LogP) is 2.94. The zero-order valence-corrected chi connectivity index (χ0v) is 14.7. The van der Waals surface area contributed by atoms with Gasteiger partial charge in [-0.15, -0.1) is 0 Å². The van der Waals surface area contributed by atoms with E-state index in [9.17, 15) is 4.39 Å². The van der Waals surface area contributed by atoms with Gasteiger partial charge in [0.2, 0.25) is 0 Å². The molecule has 0 N–H and O–H groups in total. The SMILES string of the molecule is CN1CCN(C[C@H]2CCCN(Cc3ccc(Cl)c(F)c3)C2)CC1. The van der Waals surface area contributed by atoms with Gasteiger partial charge in [0.1, 0.15) is 5.82 Å². The molecule has 0 amide bonds. The molecule has 2 heterocycles. The van der Waals surface area contributed by atoms with E-state index in [4.69, 9.17) is 11.6 Å². The van der Waals surface area contributed by atoms with Crippen LogP contribution in [0.5, 0.6) is 0 Å². The van der Waals surface area contributed by atoms with Crippen molar-refractivity contribution in [3.63, 3.8) is 0 Å². The number of nitrogens with zero attached hydrogens (tertiary/aromatic N) is 3. The van der Waals surface area contributed by atoms with E-state index in [0.717, 1.165) is 31.1 Å². The molecule has 0 unspecified atom stereocenters. The normalized spacial score (nSPS) is 24.9. The molecule has 0 spiro atoms. The molecule has 3 nitrogen and oxygen atoms in total. The quantitative estimate of drug-likeness (QED) is 0.835. The van der Waals surface area contributed by atoms with E-state index in [2.05, 4.69) is 21.7 Å². The highest BCUT2D eigenvalue weighted by molar-refractivity contribution is 6.30. The van der Waals surface area contributed by atoms with Crippen LogP contribution in [0.3, 0.4) is 0 Å². The second-order valence-electron chi connectivity index (χ2n) is 7.10. The van der Waals surface area contributed by atoms with Crippen molar-refractivity contribution >= 4 is 11.6 Å². The lowest BCUT2D eigenvalue weighted by molar-refractivity contribution is 0.0966. The van der Waals surface area contributed by atoms with Crippen molar-refractivity contribution in [2.45, 2.75) is 19.4 Å². The third-order valence-corrected chi connectivity index (χ3v) is 5.41. The maximum Gasteiger partial charge on any atom is 0.142 e. The summed E-state index contributed by atoms with van der Waals surface area (Å²) < 4.78 is 13.6. The van der Waals surface area contributed by atoms with Crippen molar-refractivity contribution in [1.82, 2.24) is 14.7 Å². The Kier molecular flexibility index (Phi) is 5.91. The molecule has 0 radical (unpaired) electrons. The van der Waals surface area contributed by atoms with E-state index in [0.29, 0.717) is 0 Å². The van der Waals surface area contributed by atoms with Crippen molar-refractivity contribution in [3.8, 4) is 0 Å². The largest absolute Gasteiger partial charge is 0.304 e. The van der Waals surface area contributed by atoms with Gasteiger partial charge in [-0.1, -0.05) is 17.7 Å². The van der Waals surface area contributed by atoms with Crippen LogP contribution in [0.1, 0.15) is 18.4 Å². The summed E-state index contributed by atoms with van der Waals surface area (Å²) in [6.07, 6.45) is 2.56. The Morgan fingerprint density at radius 2 is 1.91 bits per heavy atom. The summed E-state index contributed by atoms with van der Waals surface area (Å²) in [7, 11) is 2.20. The molecular weight excluding hydrogens is 313 g/mol. The van der Waals surface area contributed by atoms with Crippen LogP contribution in [0.2, 0.25) is 5.02 Å². The maximum atomic E-state index is 13.6. The molecule has 3 rings (SSSR count). The fourth-order valence-corrected chi connectivity index (χ4v) is 3.85. The number of rotatable bonds is 4. The first kappa shape index (κ1) is 17.2. The van der Waals surface area contributed by atoms with Gasteiger partial charge in [-0.25, -0.2) is 4.39 Å². The molecular formula is C18H27ClFN3. The Labute approximate surface area is 144 Å². The second kappa shape index (κ2) is 7.93.